The van der Waals surface area contributed by atoms with E-state index in [-0.39, 0.29) is 5.76 Å². The van der Waals surface area contributed by atoms with Gasteiger partial charge < -0.3 is 18.4 Å². The molecule has 0 amide bonds. The second kappa shape index (κ2) is 14.1. The zero-order chi connectivity index (χ0) is 30.3. The first-order valence-corrected chi connectivity index (χ1v) is 16.2. The molecule has 1 aliphatic heterocycles. The molecule has 4 aromatic carbocycles. The number of ether oxygens (including phenoxy) is 1. The Morgan fingerprint density at radius 3 is 2.27 bits per heavy atom. The molecule has 0 N–H and O–H groups in total. The van der Waals surface area contributed by atoms with Crippen molar-refractivity contribution in [2.24, 2.45) is 0 Å². The number of carbonyl (C=O) groups excluding carboxylic acids is 1. The molecule has 2 heterocycles. The van der Waals surface area contributed by atoms with E-state index < -0.39 is 5.97 Å². The van der Waals surface area contributed by atoms with E-state index in [9.17, 15) is 4.79 Å². The van der Waals surface area contributed by atoms with E-state index in [1.807, 2.05) is 13.0 Å². The fourth-order valence-corrected chi connectivity index (χ4v) is 6.79. The van der Waals surface area contributed by atoms with Crippen LogP contribution in [-0.4, -0.2) is 50.2 Å². The zero-order valence-corrected chi connectivity index (χ0v) is 26.3. The maximum Gasteiger partial charge on any atom is 0.374 e. The van der Waals surface area contributed by atoms with Crippen molar-refractivity contribution in [1.29, 1.82) is 0 Å². The smallest absolute Gasteiger partial charge is 0.374 e. The highest BCUT2D eigenvalue weighted by atomic mass is 32.2. The van der Waals surface area contributed by atoms with Crippen molar-refractivity contribution in [1.82, 2.24) is 4.90 Å². The Morgan fingerprint density at radius 2 is 1.55 bits per heavy atom. The van der Waals surface area contributed by atoms with E-state index >= 15 is 0 Å². The summed E-state index contributed by atoms with van der Waals surface area (Å²) in [4.78, 5) is 18.6. The average molecular weight is 606 g/mol. The number of para-hydroxylation sites is 2. The van der Waals surface area contributed by atoms with Crippen molar-refractivity contribution in [3.63, 3.8) is 0 Å². The second-order valence-corrected chi connectivity index (χ2v) is 12.2. The van der Waals surface area contributed by atoms with Crippen LogP contribution in [0.5, 0.6) is 0 Å². The van der Waals surface area contributed by atoms with Gasteiger partial charge in [0.2, 0.25) is 5.76 Å². The van der Waals surface area contributed by atoms with E-state index in [1.165, 1.54) is 22.5 Å². The molecule has 0 spiro atoms. The zero-order valence-electron chi connectivity index (χ0n) is 25.4. The second-order valence-electron chi connectivity index (χ2n) is 11.1. The fourth-order valence-electron chi connectivity index (χ4n) is 5.80. The van der Waals surface area contributed by atoms with Gasteiger partial charge in [-0.15, -0.1) is 0 Å². The monoisotopic (exact) mass is 605 g/mol. The first-order valence-electron chi connectivity index (χ1n) is 15.4. The topological polar surface area (TPSA) is 49.2 Å². The van der Waals surface area contributed by atoms with Gasteiger partial charge in [0, 0.05) is 55.1 Å². The highest BCUT2D eigenvalue weighted by Gasteiger charge is 2.23. The van der Waals surface area contributed by atoms with Crippen LogP contribution in [0.25, 0.3) is 11.0 Å². The first-order chi connectivity index (χ1) is 21.6. The van der Waals surface area contributed by atoms with E-state index in [2.05, 4.69) is 111 Å². The number of furan rings is 1. The maximum atomic E-state index is 12.5. The highest BCUT2D eigenvalue weighted by Crippen LogP contribution is 2.38. The minimum Gasteiger partial charge on any atom is -0.460 e. The minimum absolute atomic E-state index is 0.279. The van der Waals surface area contributed by atoms with Crippen LogP contribution in [0.2, 0.25) is 0 Å². The van der Waals surface area contributed by atoms with Gasteiger partial charge in [-0.1, -0.05) is 72.8 Å². The van der Waals surface area contributed by atoms with Gasteiger partial charge in [-0.3, -0.25) is 4.90 Å². The Kier molecular flexibility index (Phi) is 9.54. The van der Waals surface area contributed by atoms with Crippen LogP contribution < -0.4 is 9.21 Å². The van der Waals surface area contributed by atoms with Crippen molar-refractivity contribution in [2.45, 2.75) is 31.7 Å². The molecule has 0 unspecified atom stereocenters. The van der Waals surface area contributed by atoms with Crippen LogP contribution in [0.4, 0.5) is 11.4 Å². The lowest BCUT2D eigenvalue weighted by Gasteiger charge is -2.38. The van der Waals surface area contributed by atoms with Crippen LogP contribution >= 0.6 is 11.9 Å². The predicted octanol–water partition coefficient (Wildman–Crippen LogP) is 8.00. The molecule has 1 saturated heterocycles. The van der Waals surface area contributed by atoms with E-state index in [0.29, 0.717) is 12.2 Å². The van der Waals surface area contributed by atoms with Gasteiger partial charge in [0.15, 0.2) is 0 Å². The number of piperazine rings is 1. The Labute approximate surface area is 264 Å². The lowest BCUT2D eigenvalue weighted by atomic mass is 10.1. The van der Waals surface area contributed by atoms with Crippen molar-refractivity contribution in [3.05, 3.63) is 126 Å². The summed E-state index contributed by atoms with van der Waals surface area (Å²) in [6.45, 7) is 9.89. The molecular formula is C37H39N3O3S. The number of aryl methyl sites for hydroxylation is 1. The van der Waals surface area contributed by atoms with Gasteiger partial charge in [0.1, 0.15) is 5.58 Å². The summed E-state index contributed by atoms with van der Waals surface area (Å²) in [5.41, 5.74) is 6.65. The molecule has 0 atom stereocenters. The molecule has 0 bridgehead atoms. The quantitative estimate of drug-likeness (QED) is 0.112. The lowest BCUT2D eigenvalue weighted by Crippen LogP contribution is -2.46. The standard InChI is InChI=1S/C37H39N3O3S/c1-3-42-37(41)36-28(2)32-26-31(18-19-35(32)43-36)44-40(21-20-29-12-6-4-7-13-29)34-17-11-10-16-33(34)39-24-22-38(23-25-39)27-30-14-8-5-9-15-30/h4-19,26H,3,20-25,27H2,1-2H3. The fraction of sp³-hybridized carbons (Fsp3) is 0.270. The molecule has 6 nitrogen and oxygen atoms in total. The third-order valence-electron chi connectivity index (χ3n) is 8.14. The molecule has 5 aromatic rings. The van der Waals surface area contributed by atoms with Gasteiger partial charge in [0.25, 0.3) is 0 Å². The van der Waals surface area contributed by atoms with Gasteiger partial charge in [-0.05, 0) is 73.7 Å². The Bertz CT molecular complexity index is 1680. The van der Waals surface area contributed by atoms with Crippen molar-refractivity contribution in [2.75, 3.05) is 48.5 Å². The summed E-state index contributed by atoms with van der Waals surface area (Å²) in [5.74, 6) is -0.139. The Morgan fingerprint density at radius 1 is 0.864 bits per heavy atom. The molecule has 0 radical (unpaired) electrons. The van der Waals surface area contributed by atoms with Gasteiger partial charge in [0.05, 0.1) is 18.0 Å². The predicted molar refractivity (Wildman–Crippen MR) is 181 cm³/mol. The van der Waals surface area contributed by atoms with E-state index in [0.717, 1.165) is 61.5 Å². The normalized spacial score (nSPS) is 13.7. The maximum absolute atomic E-state index is 12.5. The Hall–Kier alpha value is -4.20. The summed E-state index contributed by atoms with van der Waals surface area (Å²) < 4.78 is 13.5. The van der Waals surface area contributed by atoms with Crippen LogP contribution in [0, 0.1) is 6.92 Å². The molecule has 1 fully saturated rings. The number of carbonyl (C=O) groups is 1. The SMILES string of the molecule is CCOC(=O)c1oc2ccc(SN(CCc3ccccc3)c3ccccc3N3CCN(Cc4ccccc4)CC3)cc2c1C. The van der Waals surface area contributed by atoms with E-state index in [4.69, 9.17) is 9.15 Å². The van der Waals surface area contributed by atoms with Crippen molar-refractivity contribution in [3.8, 4) is 0 Å². The van der Waals surface area contributed by atoms with Gasteiger partial charge in [-0.25, -0.2) is 4.79 Å². The summed E-state index contributed by atoms with van der Waals surface area (Å²) in [6.07, 6.45) is 0.924. The number of rotatable bonds is 11. The van der Waals surface area contributed by atoms with Gasteiger partial charge in [-0.2, -0.15) is 0 Å². The molecule has 0 aliphatic carbocycles. The summed E-state index contributed by atoms with van der Waals surface area (Å²) in [5, 5.41) is 0.934. The number of esters is 1. The number of nitrogens with zero attached hydrogens (tertiary/aromatic N) is 3. The largest absolute Gasteiger partial charge is 0.460 e. The minimum atomic E-state index is -0.419. The highest BCUT2D eigenvalue weighted by molar-refractivity contribution is 8.00. The molecular weight excluding hydrogens is 566 g/mol. The van der Waals surface area contributed by atoms with Gasteiger partial charge >= 0.3 is 5.97 Å². The average Bonchev–Trinajstić information content (AvgIpc) is 3.40. The number of hydrogen-bond donors (Lipinski definition) is 0. The Balaban J connectivity index is 1.25. The molecule has 226 valence electrons. The van der Waals surface area contributed by atoms with Crippen LogP contribution in [-0.2, 0) is 17.7 Å². The van der Waals surface area contributed by atoms with Crippen LogP contribution in [0.15, 0.2) is 112 Å². The number of hydrogen-bond acceptors (Lipinski definition) is 7. The van der Waals surface area contributed by atoms with E-state index in [1.54, 1.807) is 18.9 Å². The molecule has 1 aliphatic rings. The summed E-state index contributed by atoms with van der Waals surface area (Å²) in [6, 6.07) is 36.3. The molecule has 1 aromatic heterocycles. The first kappa shape index (κ1) is 29.9. The lowest BCUT2D eigenvalue weighted by molar-refractivity contribution is 0.0491. The summed E-state index contributed by atoms with van der Waals surface area (Å²) in [7, 11) is 0. The third kappa shape index (κ3) is 6.95. The molecule has 6 rings (SSSR count). The number of fused-ring (bicyclic) bond motifs is 1. The van der Waals surface area contributed by atoms with Crippen molar-refractivity contribution < 1.29 is 13.9 Å². The van der Waals surface area contributed by atoms with Crippen molar-refractivity contribution >= 4 is 40.3 Å². The van der Waals surface area contributed by atoms with Crippen LogP contribution in [0.3, 0.4) is 0 Å². The summed E-state index contributed by atoms with van der Waals surface area (Å²) >= 11 is 1.73. The molecule has 44 heavy (non-hydrogen) atoms. The molecule has 7 heteroatoms. The molecule has 0 saturated carbocycles. The number of benzene rings is 4. The van der Waals surface area contributed by atoms with Crippen LogP contribution in [0.1, 0.15) is 34.2 Å². The number of anilines is 2. The third-order valence-corrected chi connectivity index (χ3v) is 9.21.